The second-order valence-corrected chi connectivity index (χ2v) is 6.97. The van der Waals surface area contributed by atoms with Crippen LogP contribution in [0.25, 0.3) is 20.7 Å². The molecule has 3 aromatic rings. The van der Waals surface area contributed by atoms with Crippen LogP contribution < -0.4 is 5.56 Å². The Labute approximate surface area is 153 Å². The Balaban J connectivity index is 1.92. The fourth-order valence-electron chi connectivity index (χ4n) is 2.14. The second-order valence-electron chi connectivity index (χ2n) is 5.07. The van der Waals surface area contributed by atoms with Gasteiger partial charge in [0.25, 0.3) is 5.56 Å². The molecule has 0 aliphatic heterocycles. The molecular weight excluding hydrogens is 400 g/mol. The summed E-state index contributed by atoms with van der Waals surface area (Å²) in [7, 11) is 0. The molecule has 0 unspecified atom stereocenters. The summed E-state index contributed by atoms with van der Waals surface area (Å²) in [6.07, 6.45) is -4.44. The van der Waals surface area contributed by atoms with E-state index in [0.717, 1.165) is 0 Å². The van der Waals surface area contributed by atoms with Crippen LogP contribution in [0.1, 0.15) is 5.82 Å². The fraction of sp³-hybridized carbons (Fsp3) is 0.200. The minimum atomic E-state index is -4.44. The number of aromatic amines is 1. The summed E-state index contributed by atoms with van der Waals surface area (Å²) >= 11 is 13.2. The van der Waals surface area contributed by atoms with Gasteiger partial charge < -0.3 is 9.72 Å². The molecule has 0 fully saturated rings. The summed E-state index contributed by atoms with van der Waals surface area (Å²) in [6.45, 7) is -1.86. The topological polar surface area (TPSA) is 55.0 Å². The summed E-state index contributed by atoms with van der Waals surface area (Å²) < 4.78 is 41.2. The van der Waals surface area contributed by atoms with Crippen molar-refractivity contribution in [2.45, 2.75) is 12.8 Å². The van der Waals surface area contributed by atoms with Gasteiger partial charge in [-0.05, 0) is 18.2 Å². The van der Waals surface area contributed by atoms with Gasteiger partial charge in [0.1, 0.15) is 23.7 Å². The van der Waals surface area contributed by atoms with Gasteiger partial charge in [0.05, 0.1) is 10.5 Å². The molecule has 0 bridgehead atoms. The molecular formula is C15H9Cl2F3N2O2S. The molecule has 0 amide bonds. The van der Waals surface area contributed by atoms with Crippen LogP contribution in [-0.2, 0) is 11.3 Å². The predicted molar refractivity (Wildman–Crippen MR) is 91.4 cm³/mol. The zero-order valence-electron chi connectivity index (χ0n) is 12.3. The fourth-order valence-corrected chi connectivity index (χ4v) is 3.74. The van der Waals surface area contributed by atoms with Crippen LogP contribution in [-0.4, -0.2) is 22.8 Å². The van der Waals surface area contributed by atoms with E-state index >= 15 is 0 Å². The molecule has 1 aromatic carbocycles. The van der Waals surface area contributed by atoms with Crippen molar-refractivity contribution in [1.29, 1.82) is 0 Å². The highest BCUT2D eigenvalue weighted by molar-refractivity contribution is 7.22. The molecule has 3 rings (SSSR count). The first-order valence-electron chi connectivity index (χ1n) is 6.85. The van der Waals surface area contributed by atoms with Gasteiger partial charge in [0.15, 0.2) is 0 Å². The van der Waals surface area contributed by atoms with Crippen molar-refractivity contribution in [2.75, 3.05) is 6.61 Å². The second kappa shape index (κ2) is 6.95. The zero-order valence-corrected chi connectivity index (χ0v) is 14.6. The molecule has 2 aromatic heterocycles. The number of alkyl halides is 3. The number of nitrogens with zero attached hydrogens (tertiary/aromatic N) is 1. The minimum absolute atomic E-state index is 0.0216. The van der Waals surface area contributed by atoms with Crippen LogP contribution in [0, 0.1) is 0 Å². The molecule has 4 nitrogen and oxygen atoms in total. The standard InChI is InChI=1S/C15H9Cl2F3N2O2S/c16-7-1-2-8(9(17)3-7)11-4-10-13(25-11)14(23)22-12(21-10)5-24-6-15(18,19)20/h1-4H,5-6H2,(H,21,22,23). The molecule has 1 N–H and O–H groups in total. The van der Waals surface area contributed by atoms with E-state index in [4.69, 9.17) is 23.2 Å². The first-order valence-corrected chi connectivity index (χ1v) is 8.43. The highest BCUT2D eigenvalue weighted by atomic mass is 35.5. The molecule has 0 radical (unpaired) electrons. The smallest absolute Gasteiger partial charge is 0.364 e. The van der Waals surface area contributed by atoms with Crippen LogP contribution >= 0.6 is 34.5 Å². The van der Waals surface area contributed by atoms with Crippen LogP contribution in [0.2, 0.25) is 10.0 Å². The number of halogens is 5. The van der Waals surface area contributed by atoms with Crippen LogP contribution in [0.3, 0.4) is 0 Å². The summed E-state index contributed by atoms with van der Waals surface area (Å²) in [4.78, 5) is 19.4. The summed E-state index contributed by atoms with van der Waals surface area (Å²) in [5, 5.41) is 0.902. The Bertz CT molecular complexity index is 985. The minimum Gasteiger partial charge on any atom is -0.364 e. The van der Waals surface area contributed by atoms with E-state index in [0.29, 0.717) is 30.7 Å². The van der Waals surface area contributed by atoms with Gasteiger partial charge in [-0.2, -0.15) is 13.2 Å². The van der Waals surface area contributed by atoms with Gasteiger partial charge in [-0.25, -0.2) is 4.98 Å². The molecule has 10 heteroatoms. The van der Waals surface area contributed by atoms with Crippen molar-refractivity contribution in [3.63, 3.8) is 0 Å². The number of ether oxygens (including phenoxy) is 1. The molecule has 0 aliphatic carbocycles. The number of H-pyrrole nitrogens is 1. The van der Waals surface area contributed by atoms with E-state index < -0.39 is 24.9 Å². The number of hydrogen-bond donors (Lipinski definition) is 1. The maximum Gasteiger partial charge on any atom is 0.411 e. The predicted octanol–water partition coefficient (Wildman–Crippen LogP) is 5.04. The average molecular weight is 409 g/mol. The van der Waals surface area contributed by atoms with Gasteiger partial charge in [-0.3, -0.25) is 4.79 Å². The van der Waals surface area contributed by atoms with Gasteiger partial charge in [0.2, 0.25) is 0 Å². The van der Waals surface area contributed by atoms with Crippen molar-refractivity contribution >= 4 is 44.8 Å². The van der Waals surface area contributed by atoms with Crippen LogP contribution in [0.15, 0.2) is 29.1 Å². The van der Waals surface area contributed by atoms with Crippen molar-refractivity contribution in [1.82, 2.24) is 9.97 Å². The number of aromatic nitrogens is 2. The zero-order chi connectivity index (χ0) is 18.2. The van der Waals surface area contributed by atoms with Crippen LogP contribution in [0.5, 0.6) is 0 Å². The Kier molecular flexibility index (Phi) is 5.06. The molecule has 25 heavy (non-hydrogen) atoms. The van der Waals surface area contributed by atoms with E-state index in [1.54, 1.807) is 24.3 Å². The summed E-state index contributed by atoms with van der Waals surface area (Å²) in [5.41, 5.74) is 0.598. The third-order valence-electron chi connectivity index (χ3n) is 3.13. The number of hydrogen-bond acceptors (Lipinski definition) is 4. The SMILES string of the molecule is O=c1[nH]c(COCC(F)(F)F)nc2cc(-c3ccc(Cl)cc3Cl)sc12. The molecule has 132 valence electrons. The highest BCUT2D eigenvalue weighted by Gasteiger charge is 2.27. The van der Waals surface area contributed by atoms with Crippen molar-refractivity contribution < 1.29 is 17.9 Å². The lowest BCUT2D eigenvalue weighted by molar-refractivity contribution is -0.177. The Morgan fingerprint density at radius 1 is 1.24 bits per heavy atom. The maximum atomic E-state index is 12.1. The molecule has 0 spiro atoms. The van der Waals surface area contributed by atoms with Crippen LogP contribution in [0.4, 0.5) is 13.2 Å². The lowest BCUT2D eigenvalue weighted by Crippen LogP contribution is -2.18. The Morgan fingerprint density at radius 2 is 2.00 bits per heavy atom. The molecule has 0 saturated heterocycles. The largest absolute Gasteiger partial charge is 0.411 e. The first-order chi connectivity index (χ1) is 11.7. The van der Waals surface area contributed by atoms with E-state index in [-0.39, 0.29) is 5.82 Å². The summed E-state index contributed by atoms with van der Waals surface area (Å²) in [5.74, 6) is 0.0216. The lowest BCUT2D eigenvalue weighted by Gasteiger charge is -2.06. The van der Waals surface area contributed by atoms with E-state index in [1.165, 1.54) is 11.3 Å². The Hall–Kier alpha value is -1.61. The number of rotatable bonds is 4. The third kappa shape index (κ3) is 4.33. The van der Waals surface area contributed by atoms with E-state index in [1.807, 2.05) is 0 Å². The quantitative estimate of drug-likeness (QED) is 0.657. The van der Waals surface area contributed by atoms with E-state index in [2.05, 4.69) is 14.7 Å². The number of benzene rings is 1. The molecule has 0 aliphatic rings. The van der Waals surface area contributed by atoms with E-state index in [9.17, 15) is 18.0 Å². The van der Waals surface area contributed by atoms with Crippen molar-refractivity contribution in [3.8, 4) is 10.4 Å². The maximum absolute atomic E-state index is 12.1. The number of fused-ring (bicyclic) bond motifs is 1. The average Bonchev–Trinajstić information content (AvgIpc) is 2.90. The van der Waals surface area contributed by atoms with Gasteiger partial charge in [-0.1, -0.05) is 29.3 Å². The monoisotopic (exact) mass is 408 g/mol. The number of thiophene rings is 1. The van der Waals surface area contributed by atoms with Crippen molar-refractivity contribution in [2.24, 2.45) is 0 Å². The van der Waals surface area contributed by atoms with Gasteiger partial charge in [-0.15, -0.1) is 11.3 Å². The molecule has 0 saturated carbocycles. The Morgan fingerprint density at radius 3 is 2.68 bits per heavy atom. The van der Waals surface area contributed by atoms with Gasteiger partial charge >= 0.3 is 6.18 Å². The lowest BCUT2D eigenvalue weighted by atomic mass is 10.2. The highest BCUT2D eigenvalue weighted by Crippen LogP contribution is 2.36. The van der Waals surface area contributed by atoms with Gasteiger partial charge in [0, 0.05) is 15.5 Å². The first kappa shape index (κ1) is 18.2. The third-order valence-corrected chi connectivity index (χ3v) is 4.84. The number of nitrogens with one attached hydrogen (secondary N) is 1. The molecule has 2 heterocycles. The summed E-state index contributed by atoms with van der Waals surface area (Å²) in [6, 6.07) is 6.62. The molecule has 0 atom stereocenters. The van der Waals surface area contributed by atoms with Crippen molar-refractivity contribution in [3.05, 3.63) is 50.5 Å². The normalized spacial score (nSPS) is 12.0.